The van der Waals surface area contributed by atoms with Gasteiger partial charge in [0.25, 0.3) is 17.5 Å². The van der Waals surface area contributed by atoms with Crippen LogP contribution in [0.4, 0.5) is 11.4 Å². The van der Waals surface area contributed by atoms with Gasteiger partial charge in [0.15, 0.2) is 0 Å². The SMILES string of the molecule is O=C(Nc1ccccc1C(=O)N1CCC(c2ccccc2)C1)c1ccccc1[N+](=O)[O-]. The van der Waals surface area contributed by atoms with E-state index in [4.69, 9.17) is 0 Å². The molecule has 1 atom stereocenters. The smallest absolute Gasteiger partial charge is 0.282 e. The van der Waals surface area contributed by atoms with Gasteiger partial charge >= 0.3 is 0 Å². The molecule has 7 nitrogen and oxygen atoms in total. The van der Waals surface area contributed by atoms with Gasteiger partial charge in [0, 0.05) is 25.1 Å². The molecule has 0 aliphatic carbocycles. The molecule has 156 valence electrons. The van der Waals surface area contributed by atoms with Gasteiger partial charge in [-0.15, -0.1) is 0 Å². The van der Waals surface area contributed by atoms with Crippen LogP contribution in [0.3, 0.4) is 0 Å². The van der Waals surface area contributed by atoms with E-state index < -0.39 is 10.8 Å². The zero-order valence-electron chi connectivity index (χ0n) is 16.7. The van der Waals surface area contributed by atoms with Crippen LogP contribution >= 0.6 is 0 Å². The van der Waals surface area contributed by atoms with Gasteiger partial charge in [0.2, 0.25) is 0 Å². The maximum Gasteiger partial charge on any atom is 0.282 e. The first-order valence-corrected chi connectivity index (χ1v) is 10.0. The average molecular weight is 415 g/mol. The number of nitrogens with one attached hydrogen (secondary N) is 1. The van der Waals surface area contributed by atoms with Gasteiger partial charge in [-0.1, -0.05) is 54.6 Å². The number of benzene rings is 3. The Bertz CT molecular complexity index is 1130. The lowest BCUT2D eigenvalue weighted by atomic mass is 9.99. The highest BCUT2D eigenvalue weighted by molar-refractivity contribution is 6.10. The molecule has 3 aromatic carbocycles. The van der Waals surface area contributed by atoms with Crippen LogP contribution in [0.2, 0.25) is 0 Å². The number of carbonyl (C=O) groups excluding carboxylic acids is 2. The van der Waals surface area contributed by atoms with E-state index in [-0.39, 0.29) is 23.1 Å². The van der Waals surface area contributed by atoms with Gasteiger partial charge in [-0.25, -0.2) is 0 Å². The molecule has 1 unspecified atom stereocenters. The number of hydrogen-bond acceptors (Lipinski definition) is 4. The summed E-state index contributed by atoms with van der Waals surface area (Å²) in [5.74, 6) is -0.521. The number of hydrogen-bond donors (Lipinski definition) is 1. The molecule has 1 aliphatic rings. The van der Waals surface area contributed by atoms with Crippen LogP contribution < -0.4 is 5.32 Å². The van der Waals surface area contributed by atoms with Crippen LogP contribution in [0.5, 0.6) is 0 Å². The Labute approximate surface area is 179 Å². The van der Waals surface area contributed by atoms with Crippen molar-refractivity contribution in [2.75, 3.05) is 18.4 Å². The summed E-state index contributed by atoms with van der Waals surface area (Å²) in [7, 11) is 0. The Morgan fingerprint density at radius 1 is 0.903 bits per heavy atom. The van der Waals surface area contributed by atoms with Crippen molar-refractivity contribution in [2.24, 2.45) is 0 Å². The molecule has 0 aromatic heterocycles. The molecule has 2 amide bonds. The minimum atomic E-state index is -0.629. The van der Waals surface area contributed by atoms with Crippen LogP contribution in [0, 0.1) is 10.1 Å². The second kappa shape index (κ2) is 8.79. The molecule has 1 N–H and O–H groups in total. The molecule has 0 radical (unpaired) electrons. The summed E-state index contributed by atoms with van der Waals surface area (Å²) >= 11 is 0. The van der Waals surface area contributed by atoms with Gasteiger partial charge < -0.3 is 10.2 Å². The van der Waals surface area contributed by atoms with Gasteiger partial charge in [-0.3, -0.25) is 19.7 Å². The number of nitro benzene ring substituents is 1. The average Bonchev–Trinajstić information content (AvgIpc) is 3.30. The normalized spacial score (nSPS) is 15.5. The van der Waals surface area contributed by atoms with Gasteiger partial charge in [-0.2, -0.15) is 0 Å². The number of para-hydroxylation sites is 2. The summed E-state index contributed by atoms with van der Waals surface area (Å²) in [4.78, 5) is 38.4. The van der Waals surface area contributed by atoms with Crippen LogP contribution in [-0.2, 0) is 0 Å². The quantitative estimate of drug-likeness (QED) is 0.491. The fourth-order valence-electron chi connectivity index (χ4n) is 3.91. The van der Waals surface area contributed by atoms with Gasteiger partial charge in [0.05, 0.1) is 16.2 Å². The lowest BCUT2D eigenvalue weighted by Gasteiger charge is -2.19. The van der Waals surface area contributed by atoms with Crippen LogP contribution in [0.25, 0.3) is 0 Å². The molecule has 1 fully saturated rings. The fourth-order valence-corrected chi connectivity index (χ4v) is 3.91. The van der Waals surface area contributed by atoms with Crippen molar-refractivity contribution >= 4 is 23.2 Å². The maximum absolute atomic E-state index is 13.2. The summed E-state index contributed by atoms with van der Waals surface area (Å²) in [6.45, 7) is 1.24. The standard InChI is InChI=1S/C24H21N3O4/c28-23(20-11-5-7-13-22(20)27(30)31)25-21-12-6-4-10-19(21)24(29)26-15-14-18(16-26)17-8-2-1-3-9-17/h1-13,18H,14-16H2,(H,25,28). The molecule has 1 saturated heterocycles. The summed E-state index contributed by atoms with van der Waals surface area (Å²) < 4.78 is 0. The summed E-state index contributed by atoms with van der Waals surface area (Å²) in [6.07, 6.45) is 0.875. The first kappa shape index (κ1) is 20.3. The van der Waals surface area contributed by atoms with Gasteiger partial charge in [-0.05, 0) is 30.2 Å². The zero-order chi connectivity index (χ0) is 21.8. The summed E-state index contributed by atoms with van der Waals surface area (Å²) in [5.41, 5.74) is 1.56. The fraction of sp³-hybridized carbons (Fsp3) is 0.167. The molecule has 31 heavy (non-hydrogen) atoms. The van der Waals surface area contributed by atoms with Crippen LogP contribution in [-0.4, -0.2) is 34.7 Å². The molecule has 1 aliphatic heterocycles. The van der Waals surface area contributed by atoms with Gasteiger partial charge in [0.1, 0.15) is 5.56 Å². The van der Waals surface area contributed by atoms with E-state index in [1.54, 1.807) is 35.2 Å². The molecular weight excluding hydrogens is 394 g/mol. The number of rotatable bonds is 5. The Hall–Kier alpha value is -4.00. The Morgan fingerprint density at radius 3 is 2.29 bits per heavy atom. The van der Waals surface area contributed by atoms with Crippen molar-refractivity contribution in [3.63, 3.8) is 0 Å². The molecule has 1 heterocycles. The first-order chi connectivity index (χ1) is 15.0. The van der Waals surface area contributed by atoms with E-state index in [0.717, 1.165) is 6.42 Å². The predicted octanol–water partition coefficient (Wildman–Crippen LogP) is 4.48. The first-order valence-electron chi connectivity index (χ1n) is 10.0. The van der Waals surface area contributed by atoms with E-state index in [0.29, 0.717) is 24.3 Å². The highest BCUT2D eigenvalue weighted by Gasteiger charge is 2.29. The number of likely N-dealkylation sites (tertiary alicyclic amines) is 1. The van der Waals surface area contributed by atoms with Crippen LogP contribution in [0.15, 0.2) is 78.9 Å². The monoisotopic (exact) mass is 415 g/mol. The van der Waals surface area contributed by atoms with E-state index >= 15 is 0 Å². The third kappa shape index (κ3) is 4.30. The van der Waals surface area contributed by atoms with E-state index in [1.807, 2.05) is 18.2 Å². The minimum Gasteiger partial charge on any atom is -0.338 e. The Kier molecular flexibility index (Phi) is 5.75. The van der Waals surface area contributed by atoms with Crippen molar-refractivity contribution in [3.8, 4) is 0 Å². The van der Waals surface area contributed by atoms with Crippen molar-refractivity contribution in [1.82, 2.24) is 4.90 Å². The minimum absolute atomic E-state index is 0.0555. The molecule has 0 spiro atoms. The van der Waals surface area contributed by atoms with Crippen LogP contribution in [0.1, 0.15) is 38.6 Å². The van der Waals surface area contributed by atoms with Crippen molar-refractivity contribution in [3.05, 3.63) is 106 Å². The molecule has 4 rings (SSSR count). The second-order valence-corrected chi connectivity index (χ2v) is 7.42. The van der Waals surface area contributed by atoms with E-state index in [2.05, 4.69) is 17.4 Å². The lowest BCUT2D eigenvalue weighted by molar-refractivity contribution is -0.385. The van der Waals surface area contributed by atoms with Crippen molar-refractivity contribution in [1.29, 1.82) is 0 Å². The number of amides is 2. The van der Waals surface area contributed by atoms with E-state index in [1.165, 1.54) is 23.8 Å². The Morgan fingerprint density at radius 2 is 1.55 bits per heavy atom. The topological polar surface area (TPSA) is 92.6 Å². The molecule has 0 saturated carbocycles. The molecular formula is C24H21N3O4. The van der Waals surface area contributed by atoms with Crippen molar-refractivity contribution < 1.29 is 14.5 Å². The molecule has 0 bridgehead atoms. The van der Waals surface area contributed by atoms with Crippen molar-refractivity contribution in [2.45, 2.75) is 12.3 Å². The summed E-state index contributed by atoms with van der Waals surface area (Å²) in [6, 6.07) is 22.6. The largest absolute Gasteiger partial charge is 0.338 e. The maximum atomic E-state index is 13.2. The predicted molar refractivity (Wildman–Crippen MR) is 117 cm³/mol. The number of carbonyl (C=O) groups is 2. The highest BCUT2D eigenvalue weighted by Crippen LogP contribution is 2.29. The third-order valence-corrected chi connectivity index (χ3v) is 5.50. The molecule has 3 aromatic rings. The highest BCUT2D eigenvalue weighted by atomic mass is 16.6. The number of nitrogens with zero attached hydrogens (tertiary/aromatic N) is 2. The Balaban J connectivity index is 1.53. The van der Waals surface area contributed by atoms with E-state index in [9.17, 15) is 19.7 Å². The lowest BCUT2D eigenvalue weighted by Crippen LogP contribution is -2.29. The third-order valence-electron chi connectivity index (χ3n) is 5.50. The zero-order valence-corrected chi connectivity index (χ0v) is 16.7. The molecule has 7 heteroatoms. The second-order valence-electron chi connectivity index (χ2n) is 7.42. The number of nitro groups is 1. The summed E-state index contributed by atoms with van der Waals surface area (Å²) in [5, 5.41) is 13.9. The number of anilines is 1.